The van der Waals surface area contributed by atoms with Gasteiger partial charge in [-0.05, 0) is 32.5 Å². The lowest BCUT2D eigenvalue weighted by atomic mass is 9.88. The summed E-state index contributed by atoms with van der Waals surface area (Å²) in [4.78, 5) is 14.1. The van der Waals surface area contributed by atoms with Gasteiger partial charge in [0.15, 0.2) is 6.10 Å². The monoisotopic (exact) mass is 374 g/mol. The van der Waals surface area contributed by atoms with Crippen LogP contribution in [0.25, 0.3) is 0 Å². The fourth-order valence-electron chi connectivity index (χ4n) is 3.01. The Kier molecular flexibility index (Phi) is 7.02. The van der Waals surface area contributed by atoms with Crippen molar-refractivity contribution in [2.24, 2.45) is 0 Å². The first kappa shape index (κ1) is 20.7. The number of benzene rings is 1. The van der Waals surface area contributed by atoms with E-state index in [0.717, 1.165) is 12.8 Å². The number of likely N-dealkylation sites (N-methyl/N-ethyl adjacent to an activating group) is 1. The number of halogens is 3. The predicted molar refractivity (Wildman–Crippen MR) is 90.7 cm³/mol. The van der Waals surface area contributed by atoms with Gasteiger partial charge in [0, 0.05) is 25.3 Å². The molecule has 1 atom stereocenters. The van der Waals surface area contributed by atoms with Crippen LogP contribution in [-0.2, 0) is 14.3 Å². The maximum atomic E-state index is 13.2. The van der Waals surface area contributed by atoms with E-state index in [2.05, 4.69) is 5.32 Å². The molecule has 1 amide bonds. The Morgan fingerprint density at radius 1 is 1.27 bits per heavy atom. The number of alkyl halides is 3. The molecule has 0 radical (unpaired) electrons. The smallest absolute Gasteiger partial charge is 0.381 e. The third kappa shape index (κ3) is 5.43. The van der Waals surface area contributed by atoms with Crippen LogP contribution in [0, 0.1) is 0 Å². The van der Waals surface area contributed by atoms with Crippen molar-refractivity contribution in [3.05, 3.63) is 35.9 Å². The molecule has 0 spiro atoms. The predicted octanol–water partition coefficient (Wildman–Crippen LogP) is 2.53. The molecular weight excluding hydrogens is 349 g/mol. The van der Waals surface area contributed by atoms with Crippen molar-refractivity contribution in [1.82, 2.24) is 10.2 Å². The molecule has 2 rings (SSSR count). The van der Waals surface area contributed by atoms with Crippen molar-refractivity contribution < 1.29 is 27.4 Å². The number of hydrogen-bond donors (Lipinski definition) is 1. The number of hydrogen-bond acceptors (Lipinski definition) is 4. The summed E-state index contributed by atoms with van der Waals surface area (Å²) in [6, 6.07) is 7.30. The van der Waals surface area contributed by atoms with Gasteiger partial charge in [-0.3, -0.25) is 4.79 Å². The highest BCUT2D eigenvalue weighted by molar-refractivity contribution is 5.77. The average Bonchev–Trinajstić information content (AvgIpc) is 2.60. The minimum Gasteiger partial charge on any atom is -0.381 e. The van der Waals surface area contributed by atoms with Crippen LogP contribution in [-0.4, -0.2) is 63.0 Å². The third-order valence-electron chi connectivity index (χ3n) is 4.77. The second-order valence-electron chi connectivity index (χ2n) is 6.65. The molecule has 1 heterocycles. The SMILES string of the molecule is CN(C)C1(CNC(=O)CO[C@@H](c2ccccc2)C(F)(F)F)CCOCC1. The van der Waals surface area contributed by atoms with E-state index in [1.165, 1.54) is 24.3 Å². The molecule has 0 aliphatic carbocycles. The number of nitrogens with one attached hydrogen (secondary N) is 1. The number of ether oxygens (including phenoxy) is 2. The van der Waals surface area contributed by atoms with Crippen molar-refractivity contribution in [3.63, 3.8) is 0 Å². The van der Waals surface area contributed by atoms with Gasteiger partial charge < -0.3 is 19.7 Å². The molecule has 1 aromatic carbocycles. The molecule has 0 unspecified atom stereocenters. The van der Waals surface area contributed by atoms with Crippen LogP contribution in [0.5, 0.6) is 0 Å². The minimum absolute atomic E-state index is 0.0259. The van der Waals surface area contributed by atoms with Crippen LogP contribution in [0.15, 0.2) is 30.3 Å². The first-order chi connectivity index (χ1) is 12.2. The summed E-state index contributed by atoms with van der Waals surface area (Å²) >= 11 is 0. The zero-order valence-corrected chi connectivity index (χ0v) is 15.0. The van der Waals surface area contributed by atoms with Crippen LogP contribution in [0.4, 0.5) is 13.2 Å². The minimum atomic E-state index is -4.59. The number of carbonyl (C=O) groups is 1. The van der Waals surface area contributed by atoms with Gasteiger partial charge in [-0.1, -0.05) is 30.3 Å². The van der Waals surface area contributed by atoms with Gasteiger partial charge in [-0.2, -0.15) is 13.2 Å². The number of amides is 1. The van der Waals surface area contributed by atoms with E-state index in [9.17, 15) is 18.0 Å². The summed E-state index contributed by atoms with van der Waals surface area (Å²) in [7, 11) is 3.84. The Balaban J connectivity index is 1.92. The normalized spacial score (nSPS) is 18.5. The lowest BCUT2D eigenvalue weighted by Gasteiger charge is -2.42. The average molecular weight is 374 g/mol. The van der Waals surface area contributed by atoms with Gasteiger partial charge in [-0.15, -0.1) is 0 Å². The summed E-state index contributed by atoms with van der Waals surface area (Å²) in [6.07, 6.45) is -5.22. The van der Waals surface area contributed by atoms with E-state index in [-0.39, 0.29) is 11.1 Å². The lowest BCUT2D eigenvalue weighted by molar-refractivity contribution is -0.223. The first-order valence-corrected chi connectivity index (χ1v) is 8.50. The Morgan fingerprint density at radius 2 is 1.88 bits per heavy atom. The number of carbonyl (C=O) groups excluding carboxylic acids is 1. The van der Waals surface area contributed by atoms with Gasteiger partial charge in [0.2, 0.25) is 5.91 Å². The van der Waals surface area contributed by atoms with Crippen molar-refractivity contribution in [3.8, 4) is 0 Å². The maximum Gasteiger partial charge on any atom is 0.418 e. The highest BCUT2D eigenvalue weighted by Crippen LogP contribution is 2.35. The summed E-state index contributed by atoms with van der Waals surface area (Å²) in [5.41, 5.74) is -0.279. The molecular formula is C18H25F3N2O3. The molecule has 1 aliphatic heterocycles. The summed E-state index contributed by atoms with van der Waals surface area (Å²) < 4.78 is 49.9. The van der Waals surface area contributed by atoms with Gasteiger partial charge in [0.05, 0.1) is 0 Å². The van der Waals surface area contributed by atoms with E-state index in [1.54, 1.807) is 6.07 Å². The molecule has 0 saturated carbocycles. The molecule has 146 valence electrons. The Morgan fingerprint density at radius 3 is 2.42 bits per heavy atom. The van der Waals surface area contributed by atoms with Crippen LogP contribution in [0.1, 0.15) is 24.5 Å². The second-order valence-corrected chi connectivity index (χ2v) is 6.65. The molecule has 1 fully saturated rings. The molecule has 8 heteroatoms. The van der Waals surface area contributed by atoms with Crippen molar-refractivity contribution in [1.29, 1.82) is 0 Å². The van der Waals surface area contributed by atoms with Crippen LogP contribution >= 0.6 is 0 Å². The fourth-order valence-corrected chi connectivity index (χ4v) is 3.01. The van der Waals surface area contributed by atoms with E-state index in [1.807, 2.05) is 19.0 Å². The quantitative estimate of drug-likeness (QED) is 0.797. The summed E-state index contributed by atoms with van der Waals surface area (Å²) in [6.45, 7) is 0.871. The number of nitrogens with zero attached hydrogens (tertiary/aromatic N) is 1. The topological polar surface area (TPSA) is 50.8 Å². The van der Waals surface area contributed by atoms with E-state index in [4.69, 9.17) is 9.47 Å². The van der Waals surface area contributed by atoms with Crippen molar-refractivity contribution in [2.75, 3.05) is 40.5 Å². The highest BCUT2D eigenvalue weighted by Gasteiger charge is 2.42. The molecule has 5 nitrogen and oxygen atoms in total. The summed E-state index contributed by atoms with van der Waals surface area (Å²) in [5.74, 6) is -0.567. The van der Waals surface area contributed by atoms with Crippen molar-refractivity contribution in [2.45, 2.75) is 30.7 Å². The molecule has 1 aliphatic rings. The molecule has 1 N–H and O–H groups in total. The molecule has 1 saturated heterocycles. The van der Waals surface area contributed by atoms with Gasteiger partial charge in [0.25, 0.3) is 0 Å². The Hall–Kier alpha value is -1.64. The van der Waals surface area contributed by atoms with E-state index in [0.29, 0.717) is 19.8 Å². The lowest BCUT2D eigenvalue weighted by Crippen LogP contribution is -2.56. The largest absolute Gasteiger partial charge is 0.418 e. The zero-order valence-electron chi connectivity index (χ0n) is 15.0. The Bertz CT molecular complexity index is 573. The maximum absolute atomic E-state index is 13.2. The second kappa shape index (κ2) is 8.83. The van der Waals surface area contributed by atoms with Crippen LogP contribution in [0.3, 0.4) is 0 Å². The Labute approximate surface area is 151 Å². The number of rotatable bonds is 7. The third-order valence-corrected chi connectivity index (χ3v) is 4.77. The first-order valence-electron chi connectivity index (χ1n) is 8.50. The van der Waals surface area contributed by atoms with E-state index >= 15 is 0 Å². The van der Waals surface area contributed by atoms with Gasteiger partial charge in [-0.25, -0.2) is 0 Å². The van der Waals surface area contributed by atoms with Gasteiger partial charge in [0.1, 0.15) is 6.61 Å². The standard InChI is InChI=1S/C18H25F3N2O3/c1-23(2)17(8-10-25-11-9-17)13-22-15(24)12-26-16(18(19,20)21)14-6-4-3-5-7-14/h3-7,16H,8-13H2,1-2H3,(H,22,24)/t16-/m0/s1. The zero-order chi connectivity index (χ0) is 19.2. The highest BCUT2D eigenvalue weighted by atomic mass is 19.4. The summed E-state index contributed by atoms with van der Waals surface area (Å²) in [5, 5.41) is 2.70. The molecule has 26 heavy (non-hydrogen) atoms. The van der Waals surface area contributed by atoms with Gasteiger partial charge >= 0.3 is 6.18 Å². The fraction of sp³-hybridized carbons (Fsp3) is 0.611. The molecule has 0 aromatic heterocycles. The van der Waals surface area contributed by atoms with Crippen molar-refractivity contribution >= 4 is 5.91 Å². The molecule has 1 aromatic rings. The molecule has 0 bridgehead atoms. The van der Waals surface area contributed by atoms with Crippen LogP contribution < -0.4 is 5.32 Å². The van der Waals surface area contributed by atoms with Crippen LogP contribution in [0.2, 0.25) is 0 Å². The van der Waals surface area contributed by atoms with E-state index < -0.39 is 24.8 Å².